The fourth-order valence-corrected chi connectivity index (χ4v) is 1.62. The van der Waals surface area contributed by atoms with Gasteiger partial charge in [0.2, 0.25) is 0 Å². The van der Waals surface area contributed by atoms with Gasteiger partial charge in [0, 0.05) is 20.3 Å². The number of aromatic amines is 1. The van der Waals surface area contributed by atoms with Crippen LogP contribution in [0.5, 0.6) is 0 Å². The van der Waals surface area contributed by atoms with Crippen molar-refractivity contribution in [2.75, 3.05) is 19.0 Å². The summed E-state index contributed by atoms with van der Waals surface area (Å²) in [6.07, 6.45) is 2.06. The molecule has 0 saturated carbocycles. The summed E-state index contributed by atoms with van der Waals surface area (Å²) >= 11 is 0. The van der Waals surface area contributed by atoms with Crippen LogP contribution in [0.25, 0.3) is 11.0 Å². The topological polar surface area (TPSA) is 54.0 Å². The van der Waals surface area contributed by atoms with Gasteiger partial charge in [-0.1, -0.05) is 0 Å². The summed E-state index contributed by atoms with van der Waals surface area (Å²) in [5.74, 6) is 1.62. The van der Waals surface area contributed by atoms with Gasteiger partial charge < -0.3 is 14.6 Å². The summed E-state index contributed by atoms with van der Waals surface area (Å²) in [4.78, 5) is 14.0. The number of H-pyrrole nitrogens is 1. The molecule has 2 aromatic rings. The van der Waals surface area contributed by atoms with Crippen molar-refractivity contribution in [2.24, 2.45) is 0 Å². The zero-order valence-corrected chi connectivity index (χ0v) is 10.7. The molecule has 0 unspecified atom stereocenters. The van der Waals surface area contributed by atoms with Crippen LogP contribution in [0, 0.1) is 0 Å². The summed E-state index contributed by atoms with van der Waals surface area (Å²) < 4.78 is 5.53. The molecule has 1 N–H and O–H groups in total. The van der Waals surface area contributed by atoms with Crippen molar-refractivity contribution < 1.29 is 4.74 Å². The number of nitrogens with zero attached hydrogens (tertiary/aromatic N) is 3. The Kier molecular flexibility index (Phi) is 3.28. The van der Waals surface area contributed by atoms with Crippen LogP contribution in [-0.2, 0) is 11.3 Å². The molecule has 2 rings (SSSR count). The molecule has 0 aliphatic carbocycles. The Morgan fingerprint density at radius 3 is 2.76 bits per heavy atom. The Labute approximate surface area is 101 Å². The van der Waals surface area contributed by atoms with E-state index in [0.29, 0.717) is 12.4 Å². The monoisotopic (exact) mass is 234 g/mol. The van der Waals surface area contributed by atoms with Crippen LogP contribution in [0.4, 0.5) is 5.82 Å². The van der Waals surface area contributed by atoms with Crippen LogP contribution in [0.3, 0.4) is 0 Å². The first-order valence-electron chi connectivity index (χ1n) is 5.71. The van der Waals surface area contributed by atoms with E-state index in [-0.39, 0.29) is 6.10 Å². The van der Waals surface area contributed by atoms with Crippen LogP contribution in [0.2, 0.25) is 0 Å². The molecule has 0 amide bonds. The lowest BCUT2D eigenvalue weighted by Gasteiger charge is -2.14. The van der Waals surface area contributed by atoms with Crippen molar-refractivity contribution in [2.45, 2.75) is 26.6 Å². The highest BCUT2D eigenvalue weighted by Crippen LogP contribution is 2.21. The fourth-order valence-electron chi connectivity index (χ4n) is 1.62. The number of aromatic nitrogens is 3. The van der Waals surface area contributed by atoms with Gasteiger partial charge in [-0.3, -0.25) is 0 Å². The van der Waals surface area contributed by atoms with Crippen molar-refractivity contribution in [3.05, 3.63) is 18.1 Å². The lowest BCUT2D eigenvalue weighted by atomic mass is 10.3. The van der Waals surface area contributed by atoms with Gasteiger partial charge in [0.1, 0.15) is 18.1 Å². The predicted octanol–water partition coefficient (Wildman–Crippen LogP) is 1.95. The maximum absolute atomic E-state index is 5.53. The summed E-state index contributed by atoms with van der Waals surface area (Å²) in [7, 11) is 3.95. The molecule has 0 aliphatic rings. The molecule has 0 aliphatic heterocycles. The van der Waals surface area contributed by atoms with Gasteiger partial charge in [-0.05, 0) is 19.9 Å². The maximum atomic E-state index is 5.53. The molecule has 0 bridgehead atoms. The van der Waals surface area contributed by atoms with Crippen molar-refractivity contribution in [1.29, 1.82) is 0 Å². The van der Waals surface area contributed by atoms with Gasteiger partial charge in [-0.2, -0.15) is 0 Å². The number of nitrogens with one attached hydrogen (secondary N) is 1. The molecule has 17 heavy (non-hydrogen) atoms. The van der Waals surface area contributed by atoms with Gasteiger partial charge in [0.15, 0.2) is 5.82 Å². The second-order valence-electron chi connectivity index (χ2n) is 4.46. The van der Waals surface area contributed by atoms with Crippen LogP contribution < -0.4 is 4.90 Å². The molecule has 0 spiro atoms. The summed E-state index contributed by atoms with van der Waals surface area (Å²) in [6.45, 7) is 4.44. The van der Waals surface area contributed by atoms with Crippen molar-refractivity contribution in [3.8, 4) is 0 Å². The van der Waals surface area contributed by atoms with Crippen molar-refractivity contribution in [1.82, 2.24) is 15.0 Å². The lowest BCUT2D eigenvalue weighted by Crippen LogP contribution is -2.14. The summed E-state index contributed by atoms with van der Waals surface area (Å²) in [6, 6.07) is 1.98. The van der Waals surface area contributed by atoms with Gasteiger partial charge in [-0.25, -0.2) is 9.97 Å². The second kappa shape index (κ2) is 4.71. The highest BCUT2D eigenvalue weighted by atomic mass is 16.5. The number of rotatable bonds is 4. The Morgan fingerprint density at radius 1 is 1.35 bits per heavy atom. The second-order valence-corrected chi connectivity index (χ2v) is 4.46. The minimum atomic E-state index is 0.181. The first kappa shape index (κ1) is 11.9. The van der Waals surface area contributed by atoms with E-state index in [1.54, 1.807) is 0 Å². The van der Waals surface area contributed by atoms with Gasteiger partial charge in [-0.15, -0.1) is 0 Å². The molecule has 2 aromatic heterocycles. The Hall–Kier alpha value is -1.62. The zero-order chi connectivity index (χ0) is 12.4. The molecular formula is C12H18N4O. The standard InChI is InChI=1S/C12H18N4O/c1-8(2)17-7-10-14-11-9(5-6-13-11)12(15-10)16(3)4/h5-6,8H,7H2,1-4H3,(H,13,14,15). The summed E-state index contributed by atoms with van der Waals surface area (Å²) in [5, 5.41) is 1.03. The number of anilines is 1. The normalized spacial score (nSPS) is 11.4. The minimum Gasteiger partial charge on any atom is -0.371 e. The zero-order valence-electron chi connectivity index (χ0n) is 10.7. The van der Waals surface area contributed by atoms with E-state index in [1.165, 1.54) is 0 Å². The van der Waals surface area contributed by atoms with Gasteiger partial charge in [0.25, 0.3) is 0 Å². The molecule has 5 nitrogen and oxygen atoms in total. The number of ether oxygens (including phenoxy) is 1. The van der Waals surface area contributed by atoms with E-state index in [2.05, 4.69) is 15.0 Å². The maximum Gasteiger partial charge on any atom is 0.158 e. The van der Waals surface area contributed by atoms with E-state index in [0.717, 1.165) is 16.9 Å². The van der Waals surface area contributed by atoms with E-state index >= 15 is 0 Å². The highest BCUT2D eigenvalue weighted by Gasteiger charge is 2.10. The fraction of sp³-hybridized carbons (Fsp3) is 0.500. The third kappa shape index (κ3) is 2.55. The van der Waals surface area contributed by atoms with Crippen molar-refractivity contribution >= 4 is 16.9 Å². The smallest absolute Gasteiger partial charge is 0.158 e. The van der Waals surface area contributed by atoms with E-state index in [9.17, 15) is 0 Å². The van der Waals surface area contributed by atoms with Crippen LogP contribution in [-0.4, -0.2) is 35.2 Å². The molecule has 5 heteroatoms. The lowest BCUT2D eigenvalue weighted by molar-refractivity contribution is 0.0615. The van der Waals surface area contributed by atoms with Crippen LogP contribution in [0.15, 0.2) is 12.3 Å². The molecular weight excluding hydrogens is 216 g/mol. The van der Waals surface area contributed by atoms with Crippen LogP contribution in [0.1, 0.15) is 19.7 Å². The quantitative estimate of drug-likeness (QED) is 0.878. The Balaban J connectivity index is 2.37. The number of hydrogen-bond acceptors (Lipinski definition) is 4. The molecule has 0 saturated heterocycles. The molecule has 2 heterocycles. The minimum absolute atomic E-state index is 0.181. The van der Waals surface area contributed by atoms with E-state index < -0.39 is 0 Å². The first-order chi connectivity index (χ1) is 8.08. The Morgan fingerprint density at radius 2 is 2.12 bits per heavy atom. The SMILES string of the molecule is CC(C)OCc1nc(N(C)C)c2cc[nH]c2n1. The van der Waals surface area contributed by atoms with Gasteiger partial charge in [0.05, 0.1) is 11.5 Å². The van der Waals surface area contributed by atoms with E-state index in [1.807, 2.05) is 45.1 Å². The first-order valence-corrected chi connectivity index (χ1v) is 5.71. The number of fused-ring (bicyclic) bond motifs is 1. The predicted molar refractivity (Wildman–Crippen MR) is 68.1 cm³/mol. The average Bonchev–Trinajstić information content (AvgIpc) is 2.72. The molecule has 92 valence electrons. The Bertz CT molecular complexity index is 504. The molecule has 0 fully saturated rings. The number of hydrogen-bond donors (Lipinski definition) is 1. The molecule has 0 radical (unpaired) electrons. The van der Waals surface area contributed by atoms with Crippen LogP contribution >= 0.6 is 0 Å². The van der Waals surface area contributed by atoms with Gasteiger partial charge >= 0.3 is 0 Å². The average molecular weight is 234 g/mol. The third-order valence-corrected chi connectivity index (χ3v) is 2.41. The largest absolute Gasteiger partial charge is 0.371 e. The molecule has 0 aromatic carbocycles. The van der Waals surface area contributed by atoms with Crippen molar-refractivity contribution in [3.63, 3.8) is 0 Å². The highest BCUT2D eigenvalue weighted by molar-refractivity contribution is 5.87. The summed E-state index contributed by atoms with van der Waals surface area (Å²) in [5.41, 5.74) is 0.853. The van der Waals surface area contributed by atoms with E-state index in [4.69, 9.17) is 4.74 Å². The molecule has 0 atom stereocenters. The third-order valence-electron chi connectivity index (χ3n) is 2.41.